The summed E-state index contributed by atoms with van der Waals surface area (Å²) in [5.41, 5.74) is 2.88. The van der Waals surface area contributed by atoms with Crippen LogP contribution >= 0.6 is 11.6 Å². The van der Waals surface area contributed by atoms with Gasteiger partial charge in [-0.3, -0.25) is 4.79 Å². The second-order valence-electron chi connectivity index (χ2n) is 6.33. The minimum Gasteiger partial charge on any atom is -0.494 e. The molecule has 136 valence electrons. The SMILES string of the molecule is Cc1cc(OCCC(C#N)C(=O)NC(C)c2ccccc2)cc(C)c1Cl. The first-order valence-electron chi connectivity index (χ1n) is 8.57. The highest BCUT2D eigenvalue weighted by Gasteiger charge is 2.20. The van der Waals surface area contributed by atoms with Crippen LogP contribution < -0.4 is 10.1 Å². The summed E-state index contributed by atoms with van der Waals surface area (Å²) in [4.78, 5) is 12.3. The van der Waals surface area contributed by atoms with Gasteiger partial charge in [-0.25, -0.2) is 0 Å². The highest BCUT2D eigenvalue weighted by atomic mass is 35.5. The zero-order valence-corrected chi connectivity index (χ0v) is 16.0. The zero-order chi connectivity index (χ0) is 19.1. The van der Waals surface area contributed by atoms with E-state index in [1.54, 1.807) is 0 Å². The van der Waals surface area contributed by atoms with E-state index in [1.165, 1.54) is 0 Å². The smallest absolute Gasteiger partial charge is 0.237 e. The average molecular weight is 371 g/mol. The summed E-state index contributed by atoms with van der Waals surface area (Å²) >= 11 is 6.15. The summed E-state index contributed by atoms with van der Waals surface area (Å²) in [5.74, 6) is -0.342. The van der Waals surface area contributed by atoms with Crippen molar-refractivity contribution in [2.45, 2.75) is 33.2 Å². The van der Waals surface area contributed by atoms with Gasteiger partial charge >= 0.3 is 0 Å². The Morgan fingerprint density at radius 2 is 1.85 bits per heavy atom. The first kappa shape index (κ1) is 19.8. The fourth-order valence-corrected chi connectivity index (χ4v) is 2.79. The number of rotatable bonds is 7. The Labute approximate surface area is 159 Å². The highest BCUT2D eigenvalue weighted by Crippen LogP contribution is 2.26. The van der Waals surface area contributed by atoms with E-state index in [4.69, 9.17) is 16.3 Å². The van der Waals surface area contributed by atoms with Gasteiger partial charge in [0.15, 0.2) is 0 Å². The van der Waals surface area contributed by atoms with Crippen LogP contribution in [0.2, 0.25) is 5.02 Å². The molecule has 2 aromatic carbocycles. The van der Waals surface area contributed by atoms with E-state index >= 15 is 0 Å². The monoisotopic (exact) mass is 370 g/mol. The number of benzene rings is 2. The third kappa shape index (κ3) is 5.24. The summed E-state index contributed by atoms with van der Waals surface area (Å²) in [7, 11) is 0. The number of nitrogens with zero attached hydrogens (tertiary/aromatic N) is 1. The minimum absolute atomic E-state index is 0.151. The van der Waals surface area contributed by atoms with Crippen LogP contribution in [0.25, 0.3) is 0 Å². The topological polar surface area (TPSA) is 62.1 Å². The number of nitriles is 1. The highest BCUT2D eigenvalue weighted by molar-refractivity contribution is 6.32. The lowest BCUT2D eigenvalue weighted by molar-refractivity contribution is -0.124. The number of carbonyl (C=O) groups is 1. The van der Waals surface area contributed by atoms with E-state index in [2.05, 4.69) is 11.4 Å². The number of amides is 1. The molecule has 0 radical (unpaired) electrons. The predicted molar refractivity (Wildman–Crippen MR) is 103 cm³/mol. The Morgan fingerprint density at radius 1 is 1.23 bits per heavy atom. The van der Waals surface area contributed by atoms with Gasteiger partial charge in [0.1, 0.15) is 11.7 Å². The molecule has 0 aliphatic carbocycles. The Bertz CT molecular complexity index is 776. The maximum atomic E-state index is 12.3. The van der Waals surface area contributed by atoms with Crippen LogP contribution in [0, 0.1) is 31.1 Å². The van der Waals surface area contributed by atoms with Crippen molar-refractivity contribution in [3.05, 3.63) is 64.2 Å². The standard InChI is InChI=1S/C21H23ClN2O2/c1-14-11-19(12-15(2)20(14)22)26-10-9-18(13-23)21(25)24-16(3)17-7-5-4-6-8-17/h4-8,11-12,16,18H,9-10H2,1-3H3,(H,24,25). The summed E-state index contributed by atoms with van der Waals surface area (Å²) < 4.78 is 5.71. The molecule has 2 aromatic rings. The number of aryl methyl sites for hydroxylation is 2. The van der Waals surface area contributed by atoms with E-state index < -0.39 is 5.92 Å². The molecule has 0 aliphatic rings. The van der Waals surface area contributed by atoms with Crippen molar-refractivity contribution in [2.75, 3.05) is 6.61 Å². The van der Waals surface area contributed by atoms with Gasteiger partial charge in [0.25, 0.3) is 0 Å². The maximum absolute atomic E-state index is 12.3. The third-order valence-electron chi connectivity index (χ3n) is 4.22. The van der Waals surface area contributed by atoms with Crippen molar-refractivity contribution in [2.24, 2.45) is 5.92 Å². The predicted octanol–water partition coefficient (Wildman–Crippen LogP) is 4.74. The summed E-state index contributed by atoms with van der Waals surface area (Å²) in [6.07, 6.45) is 0.324. The van der Waals surface area contributed by atoms with Gasteiger partial charge in [-0.1, -0.05) is 41.9 Å². The first-order chi connectivity index (χ1) is 12.4. The minimum atomic E-state index is -0.754. The quantitative estimate of drug-likeness (QED) is 0.765. The molecule has 0 aliphatic heterocycles. The van der Waals surface area contributed by atoms with Gasteiger partial charge in [-0.05, 0) is 49.6 Å². The van der Waals surface area contributed by atoms with E-state index in [-0.39, 0.29) is 18.6 Å². The van der Waals surface area contributed by atoms with E-state index in [1.807, 2.05) is 63.2 Å². The van der Waals surface area contributed by atoms with Crippen molar-refractivity contribution in [1.29, 1.82) is 5.26 Å². The Morgan fingerprint density at radius 3 is 2.42 bits per heavy atom. The summed E-state index contributed by atoms with van der Waals surface area (Å²) in [6.45, 7) is 6.01. The Kier molecular flexibility index (Phi) is 7.06. The van der Waals surface area contributed by atoms with Gasteiger partial charge in [0.05, 0.1) is 18.7 Å². The van der Waals surface area contributed by atoms with Crippen molar-refractivity contribution in [3.8, 4) is 11.8 Å². The molecule has 2 unspecified atom stereocenters. The normalized spacial score (nSPS) is 12.7. The lowest BCUT2D eigenvalue weighted by Crippen LogP contribution is -2.33. The molecular weight excluding hydrogens is 348 g/mol. The van der Waals surface area contributed by atoms with Crippen molar-refractivity contribution < 1.29 is 9.53 Å². The largest absolute Gasteiger partial charge is 0.494 e. The van der Waals surface area contributed by atoms with E-state index in [0.717, 1.165) is 21.7 Å². The van der Waals surface area contributed by atoms with Crippen LogP contribution in [-0.2, 0) is 4.79 Å². The third-order valence-corrected chi connectivity index (χ3v) is 4.81. The molecular formula is C21H23ClN2O2. The lowest BCUT2D eigenvalue weighted by atomic mass is 10.0. The van der Waals surface area contributed by atoms with Crippen LogP contribution in [0.4, 0.5) is 0 Å². The molecule has 0 spiro atoms. The van der Waals surface area contributed by atoms with Crippen LogP contribution in [0.3, 0.4) is 0 Å². The average Bonchev–Trinajstić information content (AvgIpc) is 2.63. The van der Waals surface area contributed by atoms with Gasteiger partial charge < -0.3 is 10.1 Å². The maximum Gasteiger partial charge on any atom is 0.237 e. The fourth-order valence-electron chi connectivity index (χ4n) is 2.68. The second-order valence-corrected chi connectivity index (χ2v) is 6.71. The van der Waals surface area contributed by atoms with Crippen molar-refractivity contribution >= 4 is 17.5 Å². The Hall–Kier alpha value is -2.51. The molecule has 0 fully saturated rings. The van der Waals surface area contributed by atoms with Gasteiger partial charge in [0, 0.05) is 11.4 Å². The molecule has 1 N–H and O–H groups in total. The number of hydrogen-bond donors (Lipinski definition) is 1. The molecule has 0 aromatic heterocycles. The van der Waals surface area contributed by atoms with E-state index in [0.29, 0.717) is 12.2 Å². The molecule has 1 amide bonds. The first-order valence-corrected chi connectivity index (χ1v) is 8.94. The molecule has 4 nitrogen and oxygen atoms in total. The Balaban J connectivity index is 1.89. The van der Waals surface area contributed by atoms with Gasteiger partial charge in [-0.2, -0.15) is 5.26 Å². The number of nitrogens with one attached hydrogen (secondary N) is 1. The number of hydrogen-bond acceptors (Lipinski definition) is 3. The van der Waals surface area contributed by atoms with Crippen LogP contribution in [0.15, 0.2) is 42.5 Å². The second kappa shape index (κ2) is 9.26. The molecule has 0 bridgehead atoms. The van der Waals surface area contributed by atoms with Crippen LogP contribution in [-0.4, -0.2) is 12.5 Å². The van der Waals surface area contributed by atoms with Crippen molar-refractivity contribution in [3.63, 3.8) is 0 Å². The van der Waals surface area contributed by atoms with E-state index in [9.17, 15) is 10.1 Å². The number of halogens is 1. The number of ether oxygens (including phenoxy) is 1. The molecule has 2 atom stereocenters. The molecule has 5 heteroatoms. The molecule has 26 heavy (non-hydrogen) atoms. The van der Waals surface area contributed by atoms with Gasteiger partial charge in [-0.15, -0.1) is 0 Å². The molecule has 2 rings (SSSR count). The van der Waals surface area contributed by atoms with Gasteiger partial charge in [0.2, 0.25) is 5.91 Å². The lowest BCUT2D eigenvalue weighted by Gasteiger charge is -2.17. The zero-order valence-electron chi connectivity index (χ0n) is 15.3. The summed E-state index contributed by atoms with van der Waals surface area (Å²) in [5, 5.41) is 12.9. The van der Waals surface area contributed by atoms with Crippen LogP contribution in [0.5, 0.6) is 5.75 Å². The molecule has 0 heterocycles. The molecule has 0 saturated heterocycles. The number of carbonyl (C=O) groups excluding carboxylic acids is 1. The molecule has 0 saturated carbocycles. The fraction of sp³-hybridized carbons (Fsp3) is 0.333. The summed E-state index contributed by atoms with van der Waals surface area (Å²) in [6, 6.07) is 15.3. The van der Waals surface area contributed by atoms with Crippen LogP contribution in [0.1, 0.15) is 36.1 Å². The van der Waals surface area contributed by atoms with Crippen molar-refractivity contribution in [1.82, 2.24) is 5.32 Å².